The molecule has 7 heteroatoms. The van der Waals surface area contributed by atoms with Crippen LogP contribution in [0.25, 0.3) is 0 Å². The molecule has 0 aliphatic heterocycles. The number of nitrogens with zero attached hydrogens (tertiary/aromatic N) is 1. The third-order valence-corrected chi connectivity index (χ3v) is 3.17. The highest BCUT2D eigenvalue weighted by Gasteiger charge is 2.23. The lowest BCUT2D eigenvalue weighted by molar-refractivity contribution is 0.0523. The van der Waals surface area contributed by atoms with Crippen LogP contribution in [0.3, 0.4) is 0 Å². The lowest BCUT2D eigenvalue weighted by atomic mass is 10.2. The van der Waals surface area contributed by atoms with E-state index in [0.717, 1.165) is 6.20 Å². The zero-order chi connectivity index (χ0) is 12.3. The molecular weight excluding hydrogens is 352 g/mol. The van der Waals surface area contributed by atoms with E-state index < -0.39 is 12.4 Å². The number of pyridine rings is 1. The number of alkyl halides is 2. The van der Waals surface area contributed by atoms with Gasteiger partial charge in [0.2, 0.25) is 0 Å². The molecule has 3 nitrogen and oxygen atoms in total. The molecule has 0 saturated carbocycles. The molecule has 0 amide bonds. The summed E-state index contributed by atoms with van der Waals surface area (Å²) in [6, 6.07) is 0. The Hall–Kier alpha value is -0.560. The normalized spacial score (nSPS) is 10.6. The van der Waals surface area contributed by atoms with Gasteiger partial charge in [0.05, 0.1) is 12.2 Å². The van der Waals surface area contributed by atoms with Crippen LogP contribution in [-0.2, 0) is 4.74 Å². The number of hydrogen-bond donors (Lipinski definition) is 0. The van der Waals surface area contributed by atoms with Gasteiger partial charge in [-0.1, -0.05) is 0 Å². The van der Waals surface area contributed by atoms with E-state index in [2.05, 4.69) is 36.8 Å². The second-order valence-corrected chi connectivity index (χ2v) is 4.26. The minimum atomic E-state index is -2.71. The average molecular weight is 359 g/mol. The van der Waals surface area contributed by atoms with Crippen LogP contribution in [0.2, 0.25) is 0 Å². The van der Waals surface area contributed by atoms with E-state index in [1.54, 1.807) is 6.92 Å². The molecule has 0 radical (unpaired) electrons. The zero-order valence-electron chi connectivity index (χ0n) is 8.14. The lowest BCUT2D eigenvalue weighted by Gasteiger charge is -2.09. The molecule has 1 heterocycles. The van der Waals surface area contributed by atoms with Crippen molar-refractivity contribution in [2.45, 2.75) is 13.3 Å². The Kier molecular flexibility index (Phi) is 4.79. The minimum absolute atomic E-state index is 0.00262. The van der Waals surface area contributed by atoms with Crippen LogP contribution in [0, 0.1) is 0 Å². The molecule has 0 N–H and O–H groups in total. The van der Waals surface area contributed by atoms with E-state index in [0.29, 0.717) is 0 Å². The van der Waals surface area contributed by atoms with Gasteiger partial charge >= 0.3 is 5.97 Å². The van der Waals surface area contributed by atoms with Gasteiger partial charge in [0.1, 0.15) is 10.2 Å². The molecule has 0 saturated heterocycles. The highest BCUT2D eigenvalue weighted by molar-refractivity contribution is 9.11. The highest BCUT2D eigenvalue weighted by atomic mass is 79.9. The van der Waals surface area contributed by atoms with Crippen LogP contribution in [0.4, 0.5) is 8.78 Å². The second-order valence-electron chi connectivity index (χ2n) is 2.71. The van der Waals surface area contributed by atoms with E-state index >= 15 is 0 Å². The molecule has 16 heavy (non-hydrogen) atoms. The quantitative estimate of drug-likeness (QED) is 0.610. The zero-order valence-corrected chi connectivity index (χ0v) is 11.3. The van der Waals surface area contributed by atoms with Gasteiger partial charge in [-0.15, -0.1) is 0 Å². The van der Waals surface area contributed by atoms with Crippen molar-refractivity contribution in [1.29, 1.82) is 0 Å². The summed E-state index contributed by atoms with van der Waals surface area (Å²) in [7, 11) is 0. The predicted octanol–water partition coefficient (Wildman–Crippen LogP) is 3.72. The van der Waals surface area contributed by atoms with Gasteiger partial charge in [0, 0.05) is 10.7 Å². The molecule has 0 atom stereocenters. The number of aromatic nitrogens is 1. The molecule has 0 fully saturated rings. The topological polar surface area (TPSA) is 39.2 Å². The van der Waals surface area contributed by atoms with Crippen LogP contribution in [0.1, 0.15) is 29.3 Å². The van der Waals surface area contributed by atoms with E-state index in [9.17, 15) is 13.6 Å². The van der Waals surface area contributed by atoms with Crippen LogP contribution >= 0.6 is 31.9 Å². The summed E-state index contributed by atoms with van der Waals surface area (Å²) in [6.07, 6.45) is -1.70. The Morgan fingerprint density at radius 1 is 1.56 bits per heavy atom. The Morgan fingerprint density at radius 3 is 2.69 bits per heavy atom. The summed E-state index contributed by atoms with van der Waals surface area (Å²) >= 11 is 5.97. The fourth-order valence-corrected chi connectivity index (χ4v) is 2.37. The first kappa shape index (κ1) is 13.5. The summed E-state index contributed by atoms with van der Waals surface area (Å²) < 4.78 is 30.0. The van der Waals surface area contributed by atoms with Gasteiger partial charge in [-0.05, 0) is 38.8 Å². The third kappa shape index (κ3) is 2.76. The molecule has 0 aliphatic carbocycles. The van der Waals surface area contributed by atoms with Gasteiger partial charge in [-0.25, -0.2) is 18.6 Å². The van der Waals surface area contributed by atoms with Gasteiger partial charge in [0.25, 0.3) is 6.43 Å². The van der Waals surface area contributed by atoms with Crippen LogP contribution in [-0.4, -0.2) is 17.6 Å². The molecule has 0 bridgehead atoms. The van der Waals surface area contributed by atoms with Crippen molar-refractivity contribution < 1.29 is 18.3 Å². The highest BCUT2D eigenvalue weighted by Crippen LogP contribution is 2.33. The second kappa shape index (κ2) is 5.67. The summed E-state index contributed by atoms with van der Waals surface area (Å²) in [5, 5.41) is 0. The van der Waals surface area contributed by atoms with Crippen molar-refractivity contribution in [1.82, 2.24) is 4.98 Å². The Morgan fingerprint density at radius 2 is 2.19 bits per heavy atom. The number of rotatable bonds is 3. The van der Waals surface area contributed by atoms with E-state index in [1.165, 1.54) is 0 Å². The van der Waals surface area contributed by atoms with Crippen LogP contribution in [0.15, 0.2) is 15.3 Å². The maximum absolute atomic E-state index is 12.6. The summed E-state index contributed by atoms with van der Waals surface area (Å²) in [5.74, 6) is -0.698. The standard InChI is InChI=1S/C9H7Br2F2NO2/c1-2-16-9(15)5-6(10)4(8(12)13)3-14-7(5)11/h3,8H,2H2,1H3. The smallest absolute Gasteiger partial charge is 0.342 e. The number of hydrogen-bond acceptors (Lipinski definition) is 3. The van der Waals surface area contributed by atoms with Gasteiger partial charge in [0.15, 0.2) is 0 Å². The molecule has 1 aromatic rings. The first-order valence-corrected chi connectivity index (χ1v) is 5.86. The number of carbonyl (C=O) groups excluding carboxylic acids is 1. The average Bonchev–Trinajstić information content (AvgIpc) is 2.17. The molecule has 1 aromatic heterocycles. The summed E-state index contributed by atoms with van der Waals surface area (Å²) in [5.41, 5.74) is -0.370. The number of halogens is 4. The maximum atomic E-state index is 12.6. The van der Waals surface area contributed by atoms with Crippen molar-refractivity contribution in [3.05, 3.63) is 26.4 Å². The lowest BCUT2D eigenvalue weighted by Crippen LogP contribution is -2.09. The maximum Gasteiger partial charge on any atom is 0.342 e. The van der Waals surface area contributed by atoms with E-state index in [1.807, 2.05) is 0 Å². The van der Waals surface area contributed by atoms with Crippen LogP contribution in [0.5, 0.6) is 0 Å². The molecular formula is C9H7Br2F2NO2. The molecule has 0 aliphatic rings. The van der Waals surface area contributed by atoms with Crippen molar-refractivity contribution in [3.63, 3.8) is 0 Å². The largest absolute Gasteiger partial charge is 0.462 e. The monoisotopic (exact) mass is 357 g/mol. The van der Waals surface area contributed by atoms with Crippen molar-refractivity contribution >= 4 is 37.8 Å². The number of ether oxygens (including phenoxy) is 1. The molecule has 0 spiro atoms. The van der Waals surface area contributed by atoms with Gasteiger partial charge < -0.3 is 4.74 Å². The summed E-state index contributed by atoms with van der Waals surface area (Å²) in [4.78, 5) is 15.2. The molecule has 0 unspecified atom stereocenters. The molecule has 88 valence electrons. The fraction of sp³-hybridized carbons (Fsp3) is 0.333. The predicted molar refractivity (Wildman–Crippen MR) is 60.6 cm³/mol. The molecule has 0 aromatic carbocycles. The minimum Gasteiger partial charge on any atom is -0.462 e. The Labute approximate surface area is 107 Å². The first-order chi connectivity index (χ1) is 7.49. The fourth-order valence-electron chi connectivity index (χ4n) is 1.01. The van der Waals surface area contributed by atoms with Crippen molar-refractivity contribution in [2.75, 3.05) is 6.61 Å². The van der Waals surface area contributed by atoms with Gasteiger partial charge in [-0.2, -0.15) is 0 Å². The van der Waals surface area contributed by atoms with E-state index in [4.69, 9.17) is 4.74 Å². The Balaban J connectivity index is 3.26. The third-order valence-electron chi connectivity index (χ3n) is 1.71. The number of esters is 1. The van der Waals surface area contributed by atoms with Crippen molar-refractivity contribution in [2.24, 2.45) is 0 Å². The van der Waals surface area contributed by atoms with E-state index in [-0.39, 0.29) is 26.8 Å². The van der Waals surface area contributed by atoms with Crippen molar-refractivity contribution in [3.8, 4) is 0 Å². The first-order valence-electron chi connectivity index (χ1n) is 4.28. The SMILES string of the molecule is CCOC(=O)c1c(Br)ncc(C(F)F)c1Br. The molecule has 1 rings (SSSR count). The summed E-state index contributed by atoms with van der Waals surface area (Å²) in [6.45, 7) is 1.79. The number of carbonyl (C=O) groups is 1. The Bertz CT molecular complexity index is 413. The van der Waals surface area contributed by atoms with Gasteiger partial charge in [-0.3, -0.25) is 0 Å². The van der Waals surface area contributed by atoms with Crippen LogP contribution < -0.4 is 0 Å².